The van der Waals surface area contributed by atoms with Crippen LogP contribution in [0.3, 0.4) is 0 Å². The SMILES string of the molecule is CCOC(COc1ccc2ncc(=O)n(CC)c2n1)OCC. The van der Waals surface area contributed by atoms with Crippen molar-refractivity contribution in [3.8, 4) is 5.88 Å². The lowest BCUT2D eigenvalue weighted by Crippen LogP contribution is -2.25. The molecule has 0 radical (unpaired) electrons. The normalized spacial score (nSPS) is 11.3. The molecular weight excluding hydrogens is 286 g/mol. The first-order valence-corrected chi connectivity index (χ1v) is 7.42. The van der Waals surface area contributed by atoms with E-state index in [-0.39, 0.29) is 12.2 Å². The molecule has 2 aromatic heterocycles. The Kier molecular flexibility index (Phi) is 5.85. The fraction of sp³-hybridized carbons (Fsp3) is 0.533. The third-order valence-corrected chi connectivity index (χ3v) is 3.05. The van der Waals surface area contributed by atoms with Crippen LogP contribution in [0.25, 0.3) is 11.2 Å². The average molecular weight is 307 g/mol. The lowest BCUT2D eigenvalue weighted by molar-refractivity contribution is -0.152. The fourth-order valence-electron chi connectivity index (χ4n) is 2.08. The van der Waals surface area contributed by atoms with Crippen LogP contribution < -0.4 is 10.3 Å². The van der Waals surface area contributed by atoms with Crippen LogP contribution in [0.15, 0.2) is 23.1 Å². The van der Waals surface area contributed by atoms with E-state index in [1.54, 1.807) is 16.7 Å². The van der Waals surface area contributed by atoms with Gasteiger partial charge < -0.3 is 14.2 Å². The monoisotopic (exact) mass is 307 g/mol. The number of aromatic nitrogens is 3. The van der Waals surface area contributed by atoms with Crippen molar-refractivity contribution in [1.82, 2.24) is 14.5 Å². The summed E-state index contributed by atoms with van der Waals surface area (Å²) in [5, 5.41) is 0. The summed E-state index contributed by atoms with van der Waals surface area (Å²) in [7, 11) is 0. The zero-order valence-electron chi connectivity index (χ0n) is 13.1. The van der Waals surface area contributed by atoms with E-state index in [1.165, 1.54) is 6.20 Å². The predicted molar refractivity (Wildman–Crippen MR) is 82.0 cm³/mol. The minimum atomic E-state index is -0.435. The van der Waals surface area contributed by atoms with Crippen LogP contribution in [0, 0.1) is 0 Å². The van der Waals surface area contributed by atoms with Gasteiger partial charge in [-0.3, -0.25) is 9.36 Å². The summed E-state index contributed by atoms with van der Waals surface area (Å²) in [6, 6.07) is 3.49. The maximum Gasteiger partial charge on any atom is 0.270 e. The minimum Gasteiger partial charge on any atom is -0.472 e. The molecule has 0 atom stereocenters. The third-order valence-electron chi connectivity index (χ3n) is 3.05. The van der Waals surface area contributed by atoms with E-state index in [0.717, 1.165) is 0 Å². The average Bonchev–Trinajstić information content (AvgIpc) is 2.53. The van der Waals surface area contributed by atoms with Gasteiger partial charge in [-0.1, -0.05) is 0 Å². The van der Waals surface area contributed by atoms with E-state index in [2.05, 4.69) is 9.97 Å². The van der Waals surface area contributed by atoms with Crippen LogP contribution in [0.4, 0.5) is 0 Å². The molecule has 7 heteroatoms. The molecule has 0 aromatic carbocycles. The molecule has 2 aromatic rings. The number of ether oxygens (including phenoxy) is 3. The van der Waals surface area contributed by atoms with Gasteiger partial charge >= 0.3 is 0 Å². The summed E-state index contributed by atoms with van der Waals surface area (Å²) in [6.45, 7) is 7.51. The van der Waals surface area contributed by atoms with Crippen LogP contribution >= 0.6 is 0 Å². The van der Waals surface area contributed by atoms with E-state index in [1.807, 2.05) is 20.8 Å². The highest BCUT2D eigenvalue weighted by Crippen LogP contribution is 2.14. The predicted octanol–water partition coefficient (Wildman–Crippen LogP) is 1.59. The number of aryl methyl sites for hydroxylation is 1. The largest absolute Gasteiger partial charge is 0.472 e. The Labute approximate surface area is 128 Å². The van der Waals surface area contributed by atoms with Crippen molar-refractivity contribution in [2.45, 2.75) is 33.6 Å². The van der Waals surface area contributed by atoms with Crippen LogP contribution in [0.1, 0.15) is 20.8 Å². The number of fused-ring (bicyclic) bond motifs is 1. The number of nitrogens with zero attached hydrogens (tertiary/aromatic N) is 3. The number of rotatable bonds is 8. The molecule has 2 heterocycles. The quantitative estimate of drug-likeness (QED) is 0.689. The minimum absolute atomic E-state index is 0.179. The van der Waals surface area contributed by atoms with E-state index in [0.29, 0.717) is 36.8 Å². The molecule has 0 aliphatic heterocycles. The van der Waals surface area contributed by atoms with Crippen molar-refractivity contribution in [2.24, 2.45) is 0 Å². The van der Waals surface area contributed by atoms with Gasteiger partial charge in [-0.05, 0) is 26.8 Å². The molecule has 120 valence electrons. The molecule has 0 aliphatic carbocycles. The Hall–Kier alpha value is -1.99. The molecule has 0 amide bonds. The molecular formula is C15H21N3O4. The first kappa shape index (κ1) is 16.4. The smallest absolute Gasteiger partial charge is 0.270 e. The number of hydrogen-bond donors (Lipinski definition) is 0. The molecule has 22 heavy (non-hydrogen) atoms. The summed E-state index contributed by atoms with van der Waals surface area (Å²) in [5.41, 5.74) is 0.984. The highest BCUT2D eigenvalue weighted by molar-refractivity contribution is 5.70. The van der Waals surface area contributed by atoms with Gasteiger partial charge in [0.15, 0.2) is 11.9 Å². The maximum absolute atomic E-state index is 11.8. The number of hydrogen-bond acceptors (Lipinski definition) is 6. The van der Waals surface area contributed by atoms with Gasteiger partial charge in [-0.2, -0.15) is 4.98 Å². The lowest BCUT2D eigenvalue weighted by atomic mass is 10.4. The summed E-state index contributed by atoms with van der Waals surface area (Å²) in [4.78, 5) is 20.2. The van der Waals surface area contributed by atoms with Crippen molar-refractivity contribution in [2.75, 3.05) is 19.8 Å². The van der Waals surface area contributed by atoms with Gasteiger partial charge in [0.25, 0.3) is 5.56 Å². The molecule has 0 N–H and O–H groups in total. The van der Waals surface area contributed by atoms with E-state index in [9.17, 15) is 4.79 Å². The molecule has 0 aliphatic rings. The maximum atomic E-state index is 11.8. The molecule has 0 spiro atoms. The van der Waals surface area contributed by atoms with Crippen LogP contribution in [-0.2, 0) is 16.0 Å². The highest BCUT2D eigenvalue weighted by atomic mass is 16.7. The van der Waals surface area contributed by atoms with Gasteiger partial charge in [0, 0.05) is 25.8 Å². The lowest BCUT2D eigenvalue weighted by Gasteiger charge is -2.17. The van der Waals surface area contributed by atoms with E-state index in [4.69, 9.17) is 14.2 Å². The Balaban J connectivity index is 2.20. The Bertz CT molecular complexity index is 665. The second-order valence-electron chi connectivity index (χ2n) is 4.48. The topological polar surface area (TPSA) is 75.5 Å². The van der Waals surface area contributed by atoms with Gasteiger partial charge in [0.05, 0.1) is 6.20 Å². The fourth-order valence-corrected chi connectivity index (χ4v) is 2.08. The van der Waals surface area contributed by atoms with E-state index >= 15 is 0 Å². The van der Waals surface area contributed by atoms with Crippen LogP contribution in [-0.4, -0.2) is 40.6 Å². The molecule has 0 unspecified atom stereocenters. The molecule has 0 fully saturated rings. The van der Waals surface area contributed by atoms with Crippen molar-refractivity contribution in [1.29, 1.82) is 0 Å². The Morgan fingerprint density at radius 3 is 2.55 bits per heavy atom. The molecule has 0 saturated heterocycles. The third kappa shape index (κ3) is 3.80. The molecule has 0 bridgehead atoms. The standard InChI is InChI=1S/C15H21N3O4/c1-4-18-13(19)9-16-11-7-8-12(17-15(11)18)22-10-14(20-5-2)21-6-3/h7-9,14H,4-6,10H2,1-3H3. The zero-order chi connectivity index (χ0) is 15.9. The van der Waals surface area contributed by atoms with E-state index < -0.39 is 6.29 Å². The second kappa shape index (κ2) is 7.86. The van der Waals surface area contributed by atoms with Crippen molar-refractivity contribution >= 4 is 11.2 Å². The summed E-state index contributed by atoms with van der Waals surface area (Å²) < 4.78 is 18.0. The number of pyridine rings is 1. The van der Waals surface area contributed by atoms with Gasteiger partial charge in [-0.25, -0.2) is 4.98 Å². The van der Waals surface area contributed by atoms with Gasteiger partial charge in [0.2, 0.25) is 5.88 Å². The Morgan fingerprint density at radius 1 is 1.18 bits per heavy atom. The molecule has 0 saturated carbocycles. The summed E-state index contributed by atoms with van der Waals surface area (Å²) >= 11 is 0. The van der Waals surface area contributed by atoms with Crippen molar-refractivity contribution in [3.63, 3.8) is 0 Å². The van der Waals surface area contributed by atoms with Crippen molar-refractivity contribution in [3.05, 3.63) is 28.7 Å². The van der Waals surface area contributed by atoms with Crippen LogP contribution in [0.2, 0.25) is 0 Å². The summed E-state index contributed by atoms with van der Waals surface area (Å²) in [5.74, 6) is 0.409. The molecule has 7 nitrogen and oxygen atoms in total. The zero-order valence-corrected chi connectivity index (χ0v) is 13.1. The second-order valence-corrected chi connectivity index (χ2v) is 4.48. The first-order chi connectivity index (χ1) is 10.7. The van der Waals surface area contributed by atoms with Gasteiger partial charge in [0.1, 0.15) is 12.1 Å². The first-order valence-electron chi connectivity index (χ1n) is 7.42. The van der Waals surface area contributed by atoms with Crippen molar-refractivity contribution < 1.29 is 14.2 Å². The highest BCUT2D eigenvalue weighted by Gasteiger charge is 2.11. The van der Waals surface area contributed by atoms with Crippen LogP contribution in [0.5, 0.6) is 5.88 Å². The summed E-state index contributed by atoms with van der Waals surface area (Å²) in [6.07, 6.45) is 0.864. The molecule has 2 rings (SSSR count). The van der Waals surface area contributed by atoms with Gasteiger partial charge in [-0.15, -0.1) is 0 Å². The Morgan fingerprint density at radius 2 is 1.91 bits per heavy atom.